The number of morpholine rings is 1. The standard InChI is InChI=1S/C16H21N3O3/c20-16(21)3-1-2-15-17-13-5-4-12(10-14(13)18-15)11-19-6-8-22-9-7-19/h4-5,10H,1-3,6-9,11H2,(H,17,18)(H,20,21). The zero-order valence-corrected chi connectivity index (χ0v) is 12.5. The van der Waals surface area contributed by atoms with E-state index in [0.717, 1.165) is 49.7 Å². The molecule has 1 aromatic carbocycles. The van der Waals surface area contributed by atoms with Gasteiger partial charge in [-0.25, -0.2) is 4.98 Å². The number of carboxylic acid groups (broad SMARTS) is 1. The summed E-state index contributed by atoms with van der Waals surface area (Å²) >= 11 is 0. The molecular weight excluding hydrogens is 282 g/mol. The highest BCUT2D eigenvalue weighted by Gasteiger charge is 2.11. The second-order valence-electron chi connectivity index (χ2n) is 5.67. The van der Waals surface area contributed by atoms with Gasteiger partial charge in [-0.1, -0.05) is 6.07 Å². The molecule has 2 N–H and O–H groups in total. The lowest BCUT2D eigenvalue weighted by atomic mass is 10.2. The minimum absolute atomic E-state index is 0.180. The Bertz CT molecular complexity index is 647. The number of aryl methyl sites for hydroxylation is 1. The van der Waals surface area contributed by atoms with Crippen molar-refractivity contribution in [3.63, 3.8) is 0 Å². The number of aromatic nitrogens is 2. The first-order valence-electron chi connectivity index (χ1n) is 7.70. The normalized spacial score (nSPS) is 16.2. The van der Waals surface area contributed by atoms with E-state index >= 15 is 0 Å². The van der Waals surface area contributed by atoms with Crippen LogP contribution in [0, 0.1) is 0 Å². The molecule has 2 aromatic rings. The van der Waals surface area contributed by atoms with Gasteiger partial charge >= 0.3 is 5.97 Å². The number of H-pyrrole nitrogens is 1. The van der Waals surface area contributed by atoms with E-state index in [1.807, 2.05) is 0 Å². The molecule has 0 atom stereocenters. The first kappa shape index (κ1) is 15.0. The lowest BCUT2D eigenvalue weighted by Crippen LogP contribution is -2.35. The number of rotatable bonds is 6. The Morgan fingerprint density at radius 3 is 2.95 bits per heavy atom. The summed E-state index contributed by atoms with van der Waals surface area (Å²) in [6, 6.07) is 6.29. The molecule has 118 valence electrons. The van der Waals surface area contributed by atoms with Crippen LogP contribution in [-0.2, 0) is 22.5 Å². The van der Waals surface area contributed by atoms with Gasteiger partial charge in [-0.15, -0.1) is 0 Å². The van der Waals surface area contributed by atoms with Gasteiger partial charge in [0, 0.05) is 32.5 Å². The number of aliphatic carboxylic acids is 1. The molecule has 0 spiro atoms. The fourth-order valence-electron chi connectivity index (χ4n) is 2.75. The first-order chi connectivity index (χ1) is 10.7. The van der Waals surface area contributed by atoms with Gasteiger partial charge in [-0.05, 0) is 24.1 Å². The Morgan fingerprint density at radius 2 is 2.18 bits per heavy atom. The van der Waals surface area contributed by atoms with Gasteiger partial charge in [0.25, 0.3) is 0 Å². The Balaban J connectivity index is 1.65. The average Bonchev–Trinajstić information content (AvgIpc) is 2.90. The molecule has 0 bridgehead atoms. The summed E-state index contributed by atoms with van der Waals surface area (Å²) in [6.45, 7) is 4.47. The largest absolute Gasteiger partial charge is 0.481 e. The van der Waals surface area contributed by atoms with E-state index in [9.17, 15) is 4.79 Å². The summed E-state index contributed by atoms with van der Waals surface area (Å²) < 4.78 is 5.36. The van der Waals surface area contributed by atoms with Crippen LogP contribution >= 0.6 is 0 Å². The lowest BCUT2D eigenvalue weighted by Gasteiger charge is -2.26. The Labute approximate surface area is 129 Å². The van der Waals surface area contributed by atoms with Crippen LogP contribution in [0.25, 0.3) is 11.0 Å². The highest BCUT2D eigenvalue weighted by molar-refractivity contribution is 5.75. The maximum Gasteiger partial charge on any atom is 0.303 e. The highest BCUT2D eigenvalue weighted by atomic mass is 16.5. The highest BCUT2D eigenvalue weighted by Crippen LogP contribution is 2.16. The maximum absolute atomic E-state index is 10.6. The second kappa shape index (κ2) is 6.89. The van der Waals surface area contributed by atoms with Gasteiger partial charge in [0.1, 0.15) is 5.82 Å². The van der Waals surface area contributed by atoms with E-state index < -0.39 is 5.97 Å². The zero-order valence-electron chi connectivity index (χ0n) is 12.5. The first-order valence-corrected chi connectivity index (χ1v) is 7.70. The molecule has 1 aromatic heterocycles. The van der Waals surface area contributed by atoms with Gasteiger partial charge in [0.05, 0.1) is 24.2 Å². The molecule has 1 saturated heterocycles. The fraction of sp³-hybridized carbons (Fsp3) is 0.500. The van der Waals surface area contributed by atoms with Crippen molar-refractivity contribution >= 4 is 17.0 Å². The minimum atomic E-state index is -0.760. The van der Waals surface area contributed by atoms with E-state index in [2.05, 4.69) is 33.1 Å². The van der Waals surface area contributed by atoms with Crippen molar-refractivity contribution in [2.45, 2.75) is 25.8 Å². The molecule has 6 heteroatoms. The molecule has 22 heavy (non-hydrogen) atoms. The number of nitrogens with zero attached hydrogens (tertiary/aromatic N) is 2. The quantitative estimate of drug-likeness (QED) is 0.851. The van der Waals surface area contributed by atoms with Crippen LogP contribution in [0.4, 0.5) is 0 Å². The summed E-state index contributed by atoms with van der Waals surface area (Å²) in [5, 5.41) is 8.68. The van der Waals surface area contributed by atoms with Crippen molar-refractivity contribution in [1.29, 1.82) is 0 Å². The van der Waals surface area contributed by atoms with Crippen LogP contribution in [0.1, 0.15) is 24.2 Å². The summed E-state index contributed by atoms with van der Waals surface area (Å²) in [5.41, 5.74) is 3.21. The summed E-state index contributed by atoms with van der Waals surface area (Å²) in [4.78, 5) is 20.8. The molecule has 6 nitrogen and oxygen atoms in total. The van der Waals surface area contributed by atoms with Gasteiger partial charge in [-0.3, -0.25) is 9.69 Å². The van der Waals surface area contributed by atoms with Crippen molar-refractivity contribution in [3.05, 3.63) is 29.6 Å². The Hall–Kier alpha value is -1.92. The van der Waals surface area contributed by atoms with Crippen LogP contribution in [0.2, 0.25) is 0 Å². The predicted octanol–water partition coefficient (Wildman–Crippen LogP) is 1.80. The van der Waals surface area contributed by atoms with Gasteiger partial charge < -0.3 is 14.8 Å². The van der Waals surface area contributed by atoms with E-state index in [-0.39, 0.29) is 6.42 Å². The number of fused-ring (bicyclic) bond motifs is 1. The van der Waals surface area contributed by atoms with Crippen LogP contribution in [0.5, 0.6) is 0 Å². The number of carboxylic acids is 1. The number of nitrogens with one attached hydrogen (secondary N) is 1. The van der Waals surface area contributed by atoms with Crippen molar-refractivity contribution in [3.8, 4) is 0 Å². The molecule has 1 fully saturated rings. The van der Waals surface area contributed by atoms with Crippen LogP contribution in [-0.4, -0.2) is 52.2 Å². The summed E-state index contributed by atoms with van der Waals surface area (Å²) in [5.74, 6) is 0.101. The molecule has 1 aliphatic rings. The second-order valence-corrected chi connectivity index (χ2v) is 5.67. The number of hydrogen-bond donors (Lipinski definition) is 2. The van der Waals surface area contributed by atoms with E-state index in [4.69, 9.17) is 9.84 Å². The molecule has 3 rings (SSSR count). The monoisotopic (exact) mass is 303 g/mol. The molecular formula is C16H21N3O3. The number of benzene rings is 1. The lowest BCUT2D eigenvalue weighted by molar-refractivity contribution is -0.137. The van der Waals surface area contributed by atoms with Crippen molar-refractivity contribution < 1.29 is 14.6 Å². The fourth-order valence-corrected chi connectivity index (χ4v) is 2.75. The van der Waals surface area contributed by atoms with Gasteiger partial charge in [-0.2, -0.15) is 0 Å². The third-order valence-electron chi connectivity index (χ3n) is 3.91. The topological polar surface area (TPSA) is 78.4 Å². The van der Waals surface area contributed by atoms with Gasteiger partial charge in [0.2, 0.25) is 0 Å². The van der Waals surface area contributed by atoms with Crippen LogP contribution in [0.3, 0.4) is 0 Å². The number of hydrogen-bond acceptors (Lipinski definition) is 4. The van der Waals surface area contributed by atoms with Crippen molar-refractivity contribution in [2.75, 3.05) is 26.3 Å². The predicted molar refractivity (Wildman–Crippen MR) is 82.8 cm³/mol. The molecule has 1 aliphatic heterocycles. The number of aromatic amines is 1. The zero-order chi connectivity index (χ0) is 15.4. The summed E-state index contributed by atoms with van der Waals surface area (Å²) in [7, 11) is 0. The van der Waals surface area contributed by atoms with E-state index in [0.29, 0.717) is 12.8 Å². The van der Waals surface area contributed by atoms with Crippen LogP contribution in [0.15, 0.2) is 18.2 Å². The van der Waals surface area contributed by atoms with Gasteiger partial charge in [0.15, 0.2) is 0 Å². The van der Waals surface area contributed by atoms with Crippen LogP contribution < -0.4 is 0 Å². The average molecular weight is 303 g/mol. The maximum atomic E-state index is 10.6. The van der Waals surface area contributed by atoms with E-state index in [1.165, 1.54) is 5.56 Å². The van der Waals surface area contributed by atoms with E-state index in [1.54, 1.807) is 0 Å². The molecule has 0 amide bonds. The molecule has 0 saturated carbocycles. The van der Waals surface area contributed by atoms with Crippen molar-refractivity contribution in [2.24, 2.45) is 0 Å². The third-order valence-corrected chi connectivity index (χ3v) is 3.91. The Morgan fingerprint density at radius 1 is 1.36 bits per heavy atom. The number of ether oxygens (including phenoxy) is 1. The third kappa shape index (κ3) is 3.84. The molecule has 0 aliphatic carbocycles. The summed E-state index contributed by atoms with van der Waals surface area (Å²) in [6.07, 6.45) is 1.45. The smallest absolute Gasteiger partial charge is 0.303 e. The molecule has 0 unspecified atom stereocenters. The SMILES string of the molecule is O=C(O)CCCc1nc2cc(CN3CCOCC3)ccc2[nH]1. The number of carbonyl (C=O) groups is 1. The molecule has 2 heterocycles. The molecule has 0 radical (unpaired) electrons. The van der Waals surface area contributed by atoms with Crippen molar-refractivity contribution in [1.82, 2.24) is 14.9 Å². The Kier molecular flexibility index (Phi) is 4.70. The number of imidazole rings is 1. The minimum Gasteiger partial charge on any atom is -0.481 e.